The number of nitrogens with one attached hydrogen (secondary N) is 18. The van der Waals surface area contributed by atoms with E-state index in [2.05, 4.69) is 90.1 Å². The number of hydrogen-bond donors (Lipinski definition) is 27. The average molecular weight is 1890 g/mol. The topological polar surface area (TPSA) is 802 Å². The largest absolute Gasteiger partial charge is 0.508 e. The Morgan fingerprint density at radius 3 is 1.48 bits per heavy atom. The van der Waals surface area contributed by atoms with Crippen LogP contribution in [0.1, 0.15) is 160 Å². The number of H-pyrrole nitrogens is 1. The molecule has 0 radical (unpaired) electrons. The van der Waals surface area contributed by atoms with E-state index in [1.807, 2.05) is 0 Å². The number of aromatic nitrogens is 1. The van der Waals surface area contributed by atoms with E-state index in [4.69, 9.17) is 28.3 Å². The van der Waals surface area contributed by atoms with Crippen LogP contribution in [0.3, 0.4) is 0 Å². The van der Waals surface area contributed by atoms with Gasteiger partial charge in [-0.15, -0.1) is 0 Å². The fourth-order valence-corrected chi connectivity index (χ4v) is 14.9. The number of aromatic hydroxyl groups is 1. The molecule has 736 valence electrons. The van der Waals surface area contributed by atoms with E-state index in [9.17, 15) is 126 Å². The summed E-state index contributed by atoms with van der Waals surface area (Å²) < 4.78 is 0. The van der Waals surface area contributed by atoms with Crippen molar-refractivity contribution in [1.29, 1.82) is 5.41 Å². The highest BCUT2D eigenvalue weighted by atomic mass is 16.4. The number of aliphatic carboxylic acids is 3. The Morgan fingerprint density at radius 2 is 0.910 bits per heavy atom. The highest BCUT2D eigenvalue weighted by molar-refractivity contribution is 6.02. The Bertz CT molecular complexity index is 4710. The summed E-state index contributed by atoms with van der Waals surface area (Å²) in [5.41, 5.74) is 24.5. The number of aromatic amines is 1. The number of unbranched alkanes of at least 4 members (excludes halogenated alkanes) is 1. The fraction of sp³-hybridized carbons (Fsp3) is 0.571. The van der Waals surface area contributed by atoms with Gasteiger partial charge in [-0.05, 0) is 159 Å². The molecule has 6 rings (SSSR count). The number of amides is 18. The van der Waals surface area contributed by atoms with E-state index < -0.39 is 292 Å². The quantitative estimate of drug-likeness (QED) is 0.0213. The summed E-state index contributed by atoms with van der Waals surface area (Å²) in [4.78, 5) is 294. The summed E-state index contributed by atoms with van der Waals surface area (Å²) in [6, 6.07) is -9.69. The lowest BCUT2D eigenvalue weighted by atomic mass is 10.0. The van der Waals surface area contributed by atoms with Crippen LogP contribution in [0, 0.1) is 5.41 Å². The zero-order valence-electron chi connectivity index (χ0n) is 74.6. The van der Waals surface area contributed by atoms with Gasteiger partial charge in [0.25, 0.3) is 0 Å². The molecular formula is C84H124N24O26. The summed E-state index contributed by atoms with van der Waals surface area (Å²) in [7, 11) is 0. The van der Waals surface area contributed by atoms with Gasteiger partial charge in [-0.25, -0.2) is 0 Å². The van der Waals surface area contributed by atoms with Gasteiger partial charge in [-0.2, -0.15) is 0 Å². The number of nitrogens with zero attached hydrogens (tertiary/aromatic N) is 2. The molecule has 50 nitrogen and oxygen atoms in total. The second kappa shape index (κ2) is 54.6. The molecule has 0 spiro atoms. The molecule has 2 aromatic carbocycles. The highest BCUT2D eigenvalue weighted by Crippen LogP contribution is 2.25. The summed E-state index contributed by atoms with van der Waals surface area (Å²) in [6.07, 6.45) is -5.29. The van der Waals surface area contributed by atoms with Crippen LogP contribution in [0.25, 0.3) is 10.9 Å². The number of para-hydroxylation sites is 1. The minimum absolute atomic E-state index is 0.0237. The van der Waals surface area contributed by atoms with Crippen LogP contribution in [0.5, 0.6) is 5.75 Å². The Kier molecular flexibility index (Phi) is 44.2. The van der Waals surface area contributed by atoms with Gasteiger partial charge < -0.3 is 148 Å². The maximum Gasteiger partial charge on any atom is 0.303 e. The number of phenols is 1. The number of aliphatic hydroxyl groups is 1. The number of fused-ring (bicyclic) bond motifs is 3. The third-order valence-electron chi connectivity index (χ3n) is 22.2. The zero-order valence-corrected chi connectivity index (χ0v) is 74.6. The predicted octanol–water partition coefficient (Wildman–Crippen LogP) is -8.38. The number of carbonyl (C=O) groups excluding carboxylic acids is 18. The minimum atomic E-state index is -1.99. The molecular weight excluding hydrogens is 1760 g/mol. The number of carboxylic acid groups (broad SMARTS) is 3. The molecule has 0 saturated carbocycles. The molecule has 50 heteroatoms. The van der Waals surface area contributed by atoms with Gasteiger partial charge >= 0.3 is 17.9 Å². The van der Waals surface area contributed by atoms with Gasteiger partial charge in [0.2, 0.25) is 106 Å². The van der Waals surface area contributed by atoms with E-state index in [1.54, 1.807) is 30.5 Å². The first kappa shape index (κ1) is 109. The Balaban J connectivity index is 1.29. The van der Waals surface area contributed by atoms with Crippen molar-refractivity contribution in [3.05, 3.63) is 65.9 Å². The third kappa shape index (κ3) is 36.2. The second-order valence-corrected chi connectivity index (χ2v) is 32.8. The summed E-state index contributed by atoms with van der Waals surface area (Å²) in [5.74, 6) is -23.2. The van der Waals surface area contributed by atoms with Crippen molar-refractivity contribution < 1.29 is 126 Å². The number of hydrogen-bond acceptors (Lipinski definition) is 26. The molecule has 3 saturated heterocycles. The third-order valence-corrected chi connectivity index (χ3v) is 22.2. The SMILES string of the molecule is C[C@@H]1NC(=O)CNC(=O)[C@H](CCC(=O)O)NC(=O)[C@@H]2CCCN2C(=O)[C@H]([C@@H](C)O)NC(=O)[C@H](CCC(=O)O)NC(=O)[C@H](CCCNC(=N)N)NC(=O)[C@H](CCC(N)=O)NC(=O)CNC(=O)[C@@H](N)CCCCNC(=O)CNC(=O)[C@H](Cc2ccc(O)cc2)NC(=O)[C@H](Cc2c[nH]c3ccccc23)NC(=O)[C@@H]2CCCN2C(=O)[C@H](CCCCN)NC(=O)[C@H](C)NC(=O)[C@H](CCC(=O)O)NC1=O. The van der Waals surface area contributed by atoms with Gasteiger partial charge in [-0.1, -0.05) is 30.3 Å². The molecule has 0 unspecified atom stereocenters. The standard InChI is InChI=1S/C84H124N24O26/c1-43-70(121)99-55(26-30-67(117)118)75(126)97-44(2)71(122)103-57(16-6-8-32-85)82(133)107-35-11-18-60(107)81(132)105-59(38-47-39-92-51-15-5-4-13-49(47)51)79(130)104-58(37-46-20-22-48(110)23-21-46)74(125)94-40-63(112)90-33-9-7-14-50(86)72(123)93-42-65(114)98-54(24-28-62(87)111)77(128)100-52(17-10-34-91-84(88)89)76(127)101-56(27-31-68(119)120)78(129)106-69(45(3)109)83(134)108-36-12-19-61(108)80(131)102-53(25-29-66(115)116)73(124)95-41-64(113)96-43/h4-5,13,15,20-23,39,43-45,50,52-61,69,92,109-110H,6-12,14,16-19,24-38,40-42,85-86H2,1-3H3,(H2,87,111)(H,90,112)(H,93,123)(H,94,125)(H,95,124)(H,96,113)(H,97,126)(H,98,114)(H,99,121)(H,100,128)(H,101,127)(H,102,131)(H,103,122)(H,104,130)(H,105,132)(H,106,129)(H,115,116)(H,117,118)(H,119,120)(H4,88,89,91)/t43-,44-,45+,50-,52-,53-,54-,55-,56-,57-,58-,59-,60-,61-,69-/m0/s1. The van der Waals surface area contributed by atoms with E-state index in [0.29, 0.717) is 28.5 Å². The van der Waals surface area contributed by atoms with Crippen molar-refractivity contribution in [2.45, 2.75) is 253 Å². The van der Waals surface area contributed by atoms with Crippen molar-refractivity contribution >= 4 is 141 Å². The number of primary amides is 1. The number of carbonyl (C=O) groups is 21. The maximum absolute atomic E-state index is 15.0. The van der Waals surface area contributed by atoms with E-state index in [1.165, 1.54) is 36.1 Å². The van der Waals surface area contributed by atoms with E-state index in [0.717, 1.165) is 18.7 Å². The molecule has 18 amide bonds. The zero-order chi connectivity index (χ0) is 99.0. The van der Waals surface area contributed by atoms with Gasteiger partial charge in [0, 0.05) is 81.8 Å². The number of rotatable bonds is 25. The van der Waals surface area contributed by atoms with E-state index in [-0.39, 0.29) is 122 Å². The molecule has 15 atom stereocenters. The molecule has 3 fully saturated rings. The van der Waals surface area contributed by atoms with Crippen LogP contribution >= 0.6 is 0 Å². The molecule has 3 aromatic rings. The van der Waals surface area contributed by atoms with Gasteiger partial charge in [-0.3, -0.25) is 106 Å². The van der Waals surface area contributed by atoms with Gasteiger partial charge in [0.15, 0.2) is 5.96 Å². The molecule has 0 bridgehead atoms. The monoisotopic (exact) mass is 1880 g/mol. The van der Waals surface area contributed by atoms with Crippen LogP contribution in [0.15, 0.2) is 54.7 Å². The van der Waals surface area contributed by atoms with Crippen molar-refractivity contribution in [1.82, 2.24) is 99.9 Å². The number of aliphatic hydroxyl groups excluding tert-OH is 1. The summed E-state index contributed by atoms with van der Waals surface area (Å²) in [6.45, 7) is 0.715. The maximum atomic E-state index is 15.0. The Labute approximate surface area is 769 Å². The number of phenolic OH excluding ortho intramolecular Hbond substituents is 1. The fourth-order valence-electron chi connectivity index (χ4n) is 14.9. The number of carboxylic acids is 3. The first-order chi connectivity index (χ1) is 63.5. The molecule has 0 aliphatic carbocycles. The predicted molar refractivity (Wildman–Crippen MR) is 473 cm³/mol. The molecule has 3 aliphatic rings. The van der Waals surface area contributed by atoms with Crippen molar-refractivity contribution in [3.63, 3.8) is 0 Å². The van der Waals surface area contributed by atoms with Crippen LogP contribution in [0.2, 0.25) is 0 Å². The van der Waals surface area contributed by atoms with Crippen molar-refractivity contribution in [2.75, 3.05) is 52.4 Å². The van der Waals surface area contributed by atoms with Crippen LogP contribution in [0.4, 0.5) is 0 Å². The van der Waals surface area contributed by atoms with Crippen LogP contribution < -0.4 is 108 Å². The van der Waals surface area contributed by atoms with Gasteiger partial charge in [0.05, 0.1) is 31.8 Å². The van der Waals surface area contributed by atoms with Gasteiger partial charge in [0.1, 0.15) is 84.3 Å². The first-order valence-corrected chi connectivity index (χ1v) is 44.1. The lowest BCUT2D eigenvalue weighted by Gasteiger charge is -2.32. The Morgan fingerprint density at radius 1 is 0.463 bits per heavy atom. The first-order valence-electron chi connectivity index (χ1n) is 44.1. The lowest BCUT2D eigenvalue weighted by Crippen LogP contribution is -2.61. The number of nitrogens with two attached hydrogens (primary N) is 4. The summed E-state index contributed by atoms with van der Waals surface area (Å²) in [5, 5.41) is 97.7. The van der Waals surface area contributed by atoms with Crippen LogP contribution in [-0.4, -0.2) is 314 Å². The Hall–Kier alpha value is -14.2. The van der Waals surface area contributed by atoms with Crippen molar-refractivity contribution in [3.8, 4) is 5.75 Å². The number of benzene rings is 2. The number of guanidine groups is 1. The highest BCUT2D eigenvalue weighted by Gasteiger charge is 2.44. The van der Waals surface area contributed by atoms with E-state index >= 15 is 0 Å². The minimum Gasteiger partial charge on any atom is -0.508 e. The smallest absolute Gasteiger partial charge is 0.303 e. The van der Waals surface area contributed by atoms with Crippen LogP contribution in [-0.2, 0) is 114 Å². The molecule has 134 heavy (non-hydrogen) atoms. The van der Waals surface area contributed by atoms with Crippen molar-refractivity contribution in [2.24, 2.45) is 22.9 Å². The lowest BCUT2D eigenvalue weighted by molar-refractivity contribution is -0.145. The molecule has 31 N–H and O–H groups in total. The summed E-state index contributed by atoms with van der Waals surface area (Å²) >= 11 is 0. The normalized spacial score (nSPS) is 25.0. The molecule has 4 heterocycles. The molecule has 3 aliphatic heterocycles. The average Bonchev–Trinajstić information content (AvgIpc) is 1.71. The second-order valence-electron chi connectivity index (χ2n) is 32.8. The molecule has 1 aromatic heterocycles.